The normalized spacial score (nSPS) is 13.8. The Labute approximate surface area is 148 Å². The van der Waals surface area contributed by atoms with E-state index in [2.05, 4.69) is 10.6 Å². The first-order chi connectivity index (χ1) is 12.2. The Bertz CT molecular complexity index is 780. The van der Waals surface area contributed by atoms with Gasteiger partial charge in [0.05, 0.1) is 17.8 Å². The molecule has 2 aromatic rings. The van der Waals surface area contributed by atoms with Crippen LogP contribution in [0.2, 0.25) is 0 Å². The van der Waals surface area contributed by atoms with Crippen molar-refractivity contribution in [2.24, 2.45) is 0 Å². The molecule has 4 nitrogen and oxygen atoms in total. The molecule has 2 amide bonds. The maximum absolute atomic E-state index is 14.0. The SMILES string of the molecule is COC(C)(CNC(=O)Nc1ccccc1C(F)(F)F)c1ccccc1F. The summed E-state index contributed by atoms with van der Waals surface area (Å²) in [5.74, 6) is -0.513. The molecule has 0 aromatic heterocycles. The van der Waals surface area contributed by atoms with Crippen molar-refractivity contribution in [1.82, 2.24) is 5.32 Å². The Balaban J connectivity index is 2.10. The maximum Gasteiger partial charge on any atom is 0.418 e. The third kappa shape index (κ3) is 4.51. The number of alkyl halides is 3. The smallest absolute Gasteiger partial charge is 0.372 e. The Kier molecular flexibility index (Phi) is 5.86. The summed E-state index contributed by atoms with van der Waals surface area (Å²) in [5.41, 5.74) is -2.30. The molecule has 8 heteroatoms. The monoisotopic (exact) mass is 370 g/mol. The zero-order valence-corrected chi connectivity index (χ0v) is 14.2. The van der Waals surface area contributed by atoms with E-state index in [4.69, 9.17) is 4.74 Å². The van der Waals surface area contributed by atoms with Crippen LogP contribution in [0.1, 0.15) is 18.1 Å². The molecule has 2 aromatic carbocycles. The number of halogens is 4. The first kappa shape index (κ1) is 19.7. The molecule has 26 heavy (non-hydrogen) atoms. The average molecular weight is 370 g/mol. The second-order valence-corrected chi connectivity index (χ2v) is 5.77. The molecule has 140 valence electrons. The number of amides is 2. The highest BCUT2D eigenvalue weighted by atomic mass is 19.4. The van der Waals surface area contributed by atoms with Gasteiger partial charge in [0.25, 0.3) is 0 Å². The number of hydrogen-bond acceptors (Lipinski definition) is 2. The molecule has 0 fully saturated rings. The first-order valence-electron chi connectivity index (χ1n) is 7.68. The van der Waals surface area contributed by atoms with Crippen LogP contribution in [0.15, 0.2) is 48.5 Å². The number of anilines is 1. The van der Waals surface area contributed by atoms with Gasteiger partial charge in [0.15, 0.2) is 0 Å². The van der Waals surface area contributed by atoms with Crippen LogP contribution in [0.5, 0.6) is 0 Å². The van der Waals surface area contributed by atoms with E-state index in [1.807, 2.05) is 0 Å². The van der Waals surface area contributed by atoms with Crippen molar-refractivity contribution in [1.29, 1.82) is 0 Å². The highest BCUT2D eigenvalue weighted by Gasteiger charge is 2.34. The van der Waals surface area contributed by atoms with Crippen molar-refractivity contribution in [2.45, 2.75) is 18.7 Å². The van der Waals surface area contributed by atoms with Crippen LogP contribution >= 0.6 is 0 Å². The standard InChI is InChI=1S/C18H18F4N2O2/c1-17(26-2,12-7-3-5-9-14(12)19)11-23-16(25)24-15-10-6-4-8-13(15)18(20,21)22/h3-10H,11H2,1-2H3,(H2,23,24,25). The molecule has 2 N–H and O–H groups in total. The molecule has 0 aliphatic rings. The van der Waals surface area contributed by atoms with Gasteiger partial charge in [0, 0.05) is 12.7 Å². The third-order valence-corrected chi connectivity index (χ3v) is 3.96. The minimum atomic E-state index is -4.60. The number of carbonyl (C=O) groups excluding carboxylic acids is 1. The van der Waals surface area contributed by atoms with E-state index in [-0.39, 0.29) is 17.8 Å². The van der Waals surface area contributed by atoms with E-state index in [9.17, 15) is 22.4 Å². The molecule has 0 spiro atoms. The Morgan fingerprint density at radius 1 is 1.04 bits per heavy atom. The highest BCUT2D eigenvalue weighted by Crippen LogP contribution is 2.34. The molecule has 0 saturated carbocycles. The molecule has 0 aliphatic carbocycles. The van der Waals surface area contributed by atoms with Crippen molar-refractivity contribution < 1.29 is 27.1 Å². The van der Waals surface area contributed by atoms with Crippen LogP contribution in [0.4, 0.5) is 28.0 Å². The zero-order chi connectivity index (χ0) is 19.4. The molecule has 0 aliphatic heterocycles. The highest BCUT2D eigenvalue weighted by molar-refractivity contribution is 5.90. The Hall–Kier alpha value is -2.61. The summed E-state index contributed by atoms with van der Waals surface area (Å²) in [4.78, 5) is 12.0. The number of rotatable bonds is 5. The number of nitrogens with one attached hydrogen (secondary N) is 2. The summed E-state index contributed by atoms with van der Waals surface area (Å²) in [6.45, 7) is 1.42. The van der Waals surface area contributed by atoms with Crippen LogP contribution in [0.25, 0.3) is 0 Å². The summed E-state index contributed by atoms with van der Waals surface area (Å²) in [6.07, 6.45) is -4.60. The van der Waals surface area contributed by atoms with Crippen LogP contribution in [-0.4, -0.2) is 19.7 Å². The Morgan fingerprint density at radius 2 is 1.62 bits per heavy atom. The first-order valence-corrected chi connectivity index (χ1v) is 7.68. The third-order valence-electron chi connectivity index (χ3n) is 3.96. The second-order valence-electron chi connectivity index (χ2n) is 5.77. The predicted molar refractivity (Wildman–Crippen MR) is 89.2 cm³/mol. The number of urea groups is 1. The van der Waals surface area contributed by atoms with E-state index >= 15 is 0 Å². The Morgan fingerprint density at radius 3 is 2.19 bits per heavy atom. The fourth-order valence-electron chi connectivity index (χ4n) is 2.42. The van der Waals surface area contributed by atoms with Crippen molar-refractivity contribution >= 4 is 11.7 Å². The van der Waals surface area contributed by atoms with E-state index in [0.717, 1.165) is 12.1 Å². The molecule has 0 bridgehead atoms. The predicted octanol–water partition coefficient (Wildman–Crippen LogP) is 4.53. The van der Waals surface area contributed by atoms with E-state index in [1.54, 1.807) is 13.0 Å². The lowest BCUT2D eigenvalue weighted by Crippen LogP contribution is -2.42. The van der Waals surface area contributed by atoms with Gasteiger partial charge in [-0.25, -0.2) is 9.18 Å². The molecule has 1 atom stereocenters. The lowest BCUT2D eigenvalue weighted by atomic mass is 9.95. The summed E-state index contributed by atoms with van der Waals surface area (Å²) < 4.78 is 58.2. The van der Waals surface area contributed by atoms with Crippen LogP contribution in [0.3, 0.4) is 0 Å². The molecule has 1 unspecified atom stereocenters. The average Bonchev–Trinajstić information content (AvgIpc) is 2.59. The van der Waals surface area contributed by atoms with E-state index in [0.29, 0.717) is 0 Å². The van der Waals surface area contributed by atoms with Crippen molar-refractivity contribution in [3.05, 3.63) is 65.5 Å². The topological polar surface area (TPSA) is 50.4 Å². The summed E-state index contributed by atoms with van der Waals surface area (Å²) >= 11 is 0. The van der Waals surface area contributed by atoms with Crippen LogP contribution in [-0.2, 0) is 16.5 Å². The lowest BCUT2D eigenvalue weighted by Gasteiger charge is -2.29. The van der Waals surface area contributed by atoms with Crippen LogP contribution < -0.4 is 10.6 Å². The number of benzene rings is 2. The molecule has 0 saturated heterocycles. The minimum Gasteiger partial charge on any atom is -0.372 e. The van der Waals surface area contributed by atoms with Gasteiger partial charge < -0.3 is 15.4 Å². The largest absolute Gasteiger partial charge is 0.418 e. The zero-order valence-electron chi connectivity index (χ0n) is 14.2. The van der Waals surface area contributed by atoms with Crippen molar-refractivity contribution in [2.75, 3.05) is 19.0 Å². The second kappa shape index (κ2) is 7.74. The van der Waals surface area contributed by atoms with Gasteiger partial charge in [-0.15, -0.1) is 0 Å². The number of hydrogen-bond donors (Lipinski definition) is 2. The van der Waals surface area contributed by atoms with Crippen molar-refractivity contribution in [3.8, 4) is 0 Å². The molecule has 0 heterocycles. The van der Waals surface area contributed by atoms with Crippen LogP contribution in [0, 0.1) is 5.82 Å². The fraction of sp³-hybridized carbons (Fsp3) is 0.278. The number of ether oxygens (including phenoxy) is 1. The van der Waals surface area contributed by atoms with Gasteiger partial charge in [0.2, 0.25) is 0 Å². The molecule has 0 radical (unpaired) electrons. The van der Waals surface area contributed by atoms with E-state index < -0.39 is 29.2 Å². The maximum atomic E-state index is 14.0. The summed E-state index contributed by atoms with van der Waals surface area (Å²) in [5, 5.41) is 4.58. The van der Waals surface area contributed by atoms with Gasteiger partial charge in [0.1, 0.15) is 11.4 Å². The summed E-state index contributed by atoms with van der Waals surface area (Å²) in [6, 6.07) is 9.67. The fourth-order valence-corrected chi connectivity index (χ4v) is 2.42. The number of carbonyl (C=O) groups is 1. The van der Waals surface area contributed by atoms with E-state index in [1.165, 1.54) is 37.4 Å². The molecule has 2 rings (SSSR count). The lowest BCUT2D eigenvalue weighted by molar-refractivity contribution is -0.136. The van der Waals surface area contributed by atoms with Gasteiger partial charge >= 0.3 is 12.2 Å². The molecular formula is C18H18F4N2O2. The van der Waals surface area contributed by atoms with Gasteiger partial charge in [-0.2, -0.15) is 13.2 Å². The van der Waals surface area contributed by atoms with Crippen molar-refractivity contribution in [3.63, 3.8) is 0 Å². The van der Waals surface area contributed by atoms with Gasteiger partial charge in [-0.1, -0.05) is 30.3 Å². The summed E-state index contributed by atoms with van der Waals surface area (Å²) in [7, 11) is 1.35. The van der Waals surface area contributed by atoms with Gasteiger partial charge in [-0.05, 0) is 25.1 Å². The van der Waals surface area contributed by atoms with Gasteiger partial charge in [-0.3, -0.25) is 0 Å². The quantitative estimate of drug-likeness (QED) is 0.760. The minimum absolute atomic E-state index is 0.148. The number of methoxy groups -OCH3 is 1. The molecular weight excluding hydrogens is 352 g/mol. The number of para-hydroxylation sites is 1.